The average Bonchev–Trinajstić information content (AvgIpc) is 3.57. The summed E-state index contributed by atoms with van der Waals surface area (Å²) in [6.07, 6.45) is 4.39. The van der Waals surface area contributed by atoms with Gasteiger partial charge in [-0.3, -0.25) is 0 Å². The van der Waals surface area contributed by atoms with Gasteiger partial charge in [0.1, 0.15) is 0 Å². The number of fused-ring (bicyclic) bond motifs is 1. The first-order valence-corrected chi connectivity index (χ1v) is 17.0. The maximum absolute atomic E-state index is 12.6. The first-order chi connectivity index (χ1) is 16.4. The molecule has 1 aliphatic heterocycles. The summed E-state index contributed by atoms with van der Waals surface area (Å²) < 4.78 is 39.3. The first-order valence-electron chi connectivity index (χ1n) is 11.7. The van der Waals surface area contributed by atoms with E-state index in [4.69, 9.17) is 7.95 Å². The van der Waals surface area contributed by atoms with E-state index in [2.05, 4.69) is 29.0 Å². The van der Waals surface area contributed by atoms with Gasteiger partial charge in [-0.05, 0) is 0 Å². The Kier molecular flexibility index (Phi) is 6.99. The molecule has 34 heavy (non-hydrogen) atoms. The maximum atomic E-state index is 12.6. The quantitative estimate of drug-likeness (QED) is 0.469. The van der Waals surface area contributed by atoms with Crippen molar-refractivity contribution in [1.82, 2.24) is 4.72 Å². The van der Waals surface area contributed by atoms with E-state index >= 15 is 0 Å². The predicted octanol–water partition coefficient (Wildman–Crippen LogP) is 4.62. The van der Waals surface area contributed by atoms with Crippen molar-refractivity contribution in [1.29, 1.82) is 5.26 Å². The van der Waals surface area contributed by atoms with Gasteiger partial charge in [0, 0.05) is 0 Å². The number of benzene rings is 2. The molecule has 0 bridgehead atoms. The number of rotatable bonds is 7. The van der Waals surface area contributed by atoms with Crippen LogP contribution >= 0.6 is 11.8 Å². The number of hydrogen-bond acceptors (Lipinski definition) is 6. The first kappa shape index (κ1) is 24.2. The summed E-state index contributed by atoms with van der Waals surface area (Å²) in [5.74, 6) is 0.609. The van der Waals surface area contributed by atoms with Gasteiger partial charge in [0.2, 0.25) is 0 Å². The van der Waals surface area contributed by atoms with Crippen LogP contribution in [-0.2, 0) is 16.4 Å². The van der Waals surface area contributed by atoms with E-state index in [1.54, 1.807) is 11.8 Å². The van der Waals surface area contributed by atoms with E-state index < -0.39 is 31.4 Å². The molecule has 1 heterocycles. The molecule has 2 aliphatic carbocycles. The Balaban J connectivity index is 1.36. The van der Waals surface area contributed by atoms with Crippen LogP contribution in [0, 0.1) is 11.3 Å². The Hall–Kier alpha value is -1.54. The second-order valence-electron chi connectivity index (χ2n) is 9.26. The van der Waals surface area contributed by atoms with Crippen LogP contribution in [0.5, 0.6) is 5.75 Å². The summed E-state index contributed by atoms with van der Waals surface area (Å²) in [5, 5.41) is 10.4. The molecule has 1 saturated carbocycles. The zero-order valence-electron chi connectivity index (χ0n) is 19.2. The van der Waals surface area contributed by atoms with E-state index in [-0.39, 0.29) is 17.4 Å². The summed E-state index contributed by atoms with van der Waals surface area (Å²) in [6.45, 7) is 3.90. The molecule has 0 saturated heterocycles. The van der Waals surface area contributed by atoms with E-state index in [0.717, 1.165) is 48.3 Å². The Labute approximate surface area is 216 Å². The average molecular weight is 600 g/mol. The fourth-order valence-electron chi connectivity index (χ4n) is 4.57. The molecule has 0 aromatic heterocycles. The molecule has 176 valence electrons. The minimum absolute atomic E-state index is 0.0106. The van der Waals surface area contributed by atoms with Crippen molar-refractivity contribution in [2.45, 2.75) is 66.6 Å². The second-order valence-corrected chi connectivity index (χ2v) is 16.6. The molecule has 1 N–H and O–H groups in total. The Morgan fingerprint density at radius 2 is 2.00 bits per heavy atom. The number of sulfonamides is 1. The number of nitrogens with one attached hydrogen (secondary N) is 1. The summed E-state index contributed by atoms with van der Waals surface area (Å²) in [4.78, 5) is 0. The number of thioether (sulfide) groups is 1. The molecule has 5 rings (SSSR count). The molecule has 2 atom stereocenters. The van der Waals surface area contributed by atoms with Crippen LogP contribution in [0.2, 0.25) is 0 Å². The third-order valence-corrected chi connectivity index (χ3v) is 14.1. The van der Waals surface area contributed by atoms with Crippen LogP contribution in [-0.4, -0.2) is 46.2 Å². The van der Waals surface area contributed by atoms with E-state index in [9.17, 15) is 13.7 Å². The van der Waals surface area contributed by atoms with Crippen molar-refractivity contribution in [2.24, 2.45) is 3.21 Å². The third kappa shape index (κ3) is 5.03. The zero-order chi connectivity index (χ0) is 23.9. The van der Waals surface area contributed by atoms with Crippen LogP contribution < -0.4 is 9.46 Å². The number of nitrogens with zero attached hydrogens (tertiary/aromatic N) is 2. The molecule has 1 unspecified atom stereocenters. The zero-order valence-corrected chi connectivity index (χ0v) is 23.7. The number of hydrogen-bond donors (Lipinski definition) is 1. The third-order valence-electron chi connectivity index (χ3n) is 6.32. The van der Waals surface area contributed by atoms with Crippen molar-refractivity contribution in [3.8, 4) is 11.8 Å². The van der Waals surface area contributed by atoms with E-state index in [0.29, 0.717) is 14.6 Å². The van der Waals surface area contributed by atoms with Crippen LogP contribution in [0.1, 0.15) is 76.7 Å². The van der Waals surface area contributed by atoms with Crippen LogP contribution in [0.25, 0.3) is 0 Å². The molecule has 1 fully saturated rings. The molecule has 2 aromatic carbocycles. The van der Waals surface area contributed by atoms with Gasteiger partial charge in [0.25, 0.3) is 0 Å². The molecule has 0 amide bonds. The van der Waals surface area contributed by atoms with Crippen LogP contribution in [0.15, 0.2) is 39.6 Å². The van der Waals surface area contributed by atoms with Gasteiger partial charge in [-0.2, -0.15) is 0 Å². The summed E-state index contributed by atoms with van der Waals surface area (Å²) in [7, 11) is -3.23. The van der Waals surface area contributed by atoms with Crippen molar-refractivity contribution >= 4 is 48.2 Å². The topological polar surface area (TPSA) is 91.5 Å². The van der Waals surface area contributed by atoms with E-state index in [1.165, 1.54) is 11.1 Å². The van der Waals surface area contributed by atoms with Gasteiger partial charge in [-0.1, -0.05) is 0 Å². The van der Waals surface area contributed by atoms with Crippen LogP contribution in [0.3, 0.4) is 0 Å². The second kappa shape index (κ2) is 9.84. The fraction of sp³-hybridized carbons (Fsp3) is 0.440. The summed E-state index contributed by atoms with van der Waals surface area (Å²) in [6, 6.07) is 14.2. The van der Waals surface area contributed by atoms with Crippen molar-refractivity contribution < 1.29 is 13.2 Å². The molecule has 3 aliphatic rings. The Bertz CT molecular complexity index is 1280. The van der Waals surface area contributed by atoms with E-state index in [1.807, 2.05) is 32.0 Å². The van der Waals surface area contributed by atoms with Crippen LogP contribution in [0.4, 0.5) is 0 Å². The number of ether oxygens (including phenoxy) is 1. The standard InChI is InChI=1S/C25H27N3O3S2.Sn/c1-16(2)31-24-12-9-17(13-19(24)14-26)25(27)32-15-18-5-3-7-22-21(18)6-4-8-23(22)28-33(29,30)20-10-11-20;/h3,5,7,9,12-13,15-16,20,23,28H,4,6,8,10-11H2,1-2H3;/q-1;+1/t23-;/m0./s1. The fourth-order valence-corrected chi connectivity index (χ4v) is 11.9. The van der Waals surface area contributed by atoms with Crippen molar-refractivity contribution in [3.05, 3.63) is 64.2 Å². The summed E-state index contributed by atoms with van der Waals surface area (Å²) in [5.41, 5.74) is 5.28. The molecular formula is C25H27N3O3S2Sn. The Morgan fingerprint density at radius 3 is 2.74 bits per heavy atom. The van der Waals surface area contributed by atoms with Crippen molar-refractivity contribution in [2.75, 3.05) is 0 Å². The van der Waals surface area contributed by atoms with Gasteiger partial charge >= 0.3 is 217 Å². The molecule has 2 aromatic rings. The Morgan fingerprint density at radius 1 is 1.21 bits per heavy atom. The minimum atomic E-state index is -3.23. The van der Waals surface area contributed by atoms with Gasteiger partial charge in [-0.15, -0.1) is 0 Å². The van der Waals surface area contributed by atoms with Gasteiger partial charge in [0.05, 0.1) is 0 Å². The van der Waals surface area contributed by atoms with Crippen molar-refractivity contribution in [3.63, 3.8) is 0 Å². The number of nitriles is 1. The predicted molar refractivity (Wildman–Crippen MR) is 137 cm³/mol. The molecule has 9 heteroatoms. The molecule has 6 nitrogen and oxygen atoms in total. The molecule has 2 radical (unpaired) electrons. The summed E-state index contributed by atoms with van der Waals surface area (Å²) >= 11 is 0.710. The van der Waals surface area contributed by atoms with Gasteiger partial charge in [0.15, 0.2) is 0 Å². The van der Waals surface area contributed by atoms with Gasteiger partial charge < -0.3 is 0 Å². The monoisotopic (exact) mass is 601 g/mol. The van der Waals surface area contributed by atoms with Gasteiger partial charge in [-0.25, -0.2) is 0 Å². The normalized spacial score (nSPS) is 22.2. The molecule has 0 spiro atoms. The SMILES string of the molecule is CC(C)Oc1ccc(C2=[N][Sn][CH](c3cccc4c3CCC[C@@H]4NS(=O)(=O)C3CC3)S2)cc1C#N. The molecular weight excluding hydrogens is 573 g/mol.